The molecule has 0 aliphatic heterocycles. The van der Waals surface area contributed by atoms with Crippen LogP contribution in [-0.2, 0) is 4.79 Å². The number of aromatic nitrogens is 2. The van der Waals surface area contributed by atoms with Gasteiger partial charge in [0.25, 0.3) is 11.5 Å². The second-order valence-electron chi connectivity index (χ2n) is 9.74. The highest BCUT2D eigenvalue weighted by atomic mass is 79.9. The maximum atomic E-state index is 13.6. The van der Waals surface area contributed by atoms with Gasteiger partial charge in [0, 0.05) is 21.1 Å². The standard InChI is InChI=1S/C33H24BrClN4O5/c1-19-9-3-6-12-23(19)37-28(40)18-43-31-26(42-2)16-21(29(34)30(31)35)17-36-39-32(27-15-20-10-4-8-14-25(20)44-27)38-24-13-7-5-11-22(24)33(39)41/h3-17H,18H2,1-2H3,(H,37,40). The van der Waals surface area contributed by atoms with E-state index in [1.807, 2.05) is 67.6 Å². The van der Waals surface area contributed by atoms with Gasteiger partial charge in [-0.25, -0.2) is 4.98 Å². The Kier molecular flexibility index (Phi) is 8.19. The Morgan fingerprint density at radius 1 is 1.09 bits per heavy atom. The minimum Gasteiger partial charge on any atom is -0.493 e. The van der Waals surface area contributed by atoms with Crippen molar-refractivity contribution < 1.29 is 18.7 Å². The lowest BCUT2D eigenvalue weighted by molar-refractivity contribution is -0.118. The normalized spacial score (nSPS) is 11.4. The first kappa shape index (κ1) is 29.2. The zero-order valence-corrected chi connectivity index (χ0v) is 25.8. The summed E-state index contributed by atoms with van der Waals surface area (Å²) in [6, 6.07) is 25.4. The molecule has 0 radical (unpaired) electrons. The van der Waals surface area contributed by atoms with Crippen LogP contribution in [-0.4, -0.2) is 35.5 Å². The predicted molar refractivity (Wildman–Crippen MR) is 175 cm³/mol. The molecule has 2 aromatic heterocycles. The molecule has 0 fully saturated rings. The third-order valence-electron chi connectivity index (χ3n) is 6.85. The fourth-order valence-electron chi connectivity index (χ4n) is 4.62. The lowest BCUT2D eigenvalue weighted by Gasteiger charge is -2.15. The molecule has 6 rings (SSSR count). The van der Waals surface area contributed by atoms with E-state index in [-0.39, 0.29) is 40.4 Å². The average Bonchev–Trinajstić information content (AvgIpc) is 3.47. The van der Waals surface area contributed by atoms with Gasteiger partial charge in [0.15, 0.2) is 23.9 Å². The van der Waals surface area contributed by atoms with Crippen molar-refractivity contribution >= 4 is 67.2 Å². The highest BCUT2D eigenvalue weighted by molar-refractivity contribution is 9.10. The van der Waals surface area contributed by atoms with Crippen molar-refractivity contribution in [1.82, 2.24) is 9.66 Å². The number of carbonyl (C=O) groups excluding carboxylic acids is 1. The number of halogens is 2. The van der Waals surface area contributed by atoms with E-state index in [1.54, 1.807) is 24.3 Å². The Hall–Kier alpha value is -4.93. The van der Waals surface area contributed by atoms with Crippen molar-refractivity contribution in [2.75, 3.05) is 19.0 Å². The van der Waals surface area contributed by atoms with E-state index >= 15 is 0 Å². The van der Waals surface area contributed by atoms with Crippen LogP contribution in [0.2, 0.25) is 5.02 Å². The first-order chi connectivity index (χ1) is 21.3. The molecule has 44 heavy (non-hydrogen) atoms. The van der Waals surface area contributed by atoms with E-state index in [0.717, 1.165) is 10.9 Å². The highest BCUT2D eigenvalue weighted by Crippen LogP contribution is 2.42. The summed E-state index contributed by atoms with van der Waals surface area (Å²) in [4.78, 5) is 30.9. The topological polar surface area (TPSA) is 108 Å². The van der Waals surface area contributed by atoms with E-state index in [4.69, 9.17) is 30.5 Å². The second kappa shape index (κ2) is 12.4. The van der Waals surface area contributed by atoms with Gasteiger partial charge in [-0.1, -0.05) is 60.1 Å². The maximum Gasteiger partial charge on any atom is 0.282 e. The SMILES string of the molecule is COc1cc(C=Nn2c(-c3cc4ccccc4o3)nc3ccccc3c2=O)c(Br)c(Cl)c1OCC(=O)Nc1ccccc1C. The fraction of sp³-hybridized carbons (Fsp3) is 0.0909. The van der Waals surface area contributed by atoms with Crippen molar-refractivity contribution in [3.05, 3.63) is 116 Å². The fourth-order valence-corrected chi connectivity index (χ4v) is 5.28. The summed E-state index contributed by atoms with van der Waals surface area (Å²) in [6.07, 6.45) is 1.46. The Bertz CT molecular complexity index is 2110. The number of nitrogens with one attached hydrogen (secondary N) is 1. The molecule has 0 aliphatic rings. The number of anilines is 1. The molecular formula is C33H24BrClN4O5. The number of furan rings is 1. The predicted octanol–water partition coefficient (Wildman–Crippen LogP) is 7.44. The van der Waals surface area contributed by atoms with Crippen LogP contribution in [0.3, 0.4) is 0 Å². The molecule has 4 aromatic carbocycles. The molecule has 2 heterocycles. The van der Waals surface area contributed by atoms with Crippen LogP contribution in [0.4, 0.5) is 5.69 Å². The van der Waals surface area contributed by atoms with Crippen molar-refractivity contribution in [3.8, 4) is 23.1 Å². The number of methoxy groups -OCH3 is 1. The third kappa shape index (κ3) is 5.69. The molecular weight excluding hydrogens is 648 g/mol. The van der Waals surface area contributed by atoms with Gasteiger partial charge >= 0.3 is 0 Å². The molecule has 1 N–H and O–H groups in total. The van der Waals surface area contributed by atoms with E-state index < -0.39 is 0 Å². The molecule has 6 aromatic rings. The second-order valence-corrected chi connectivity index (χ2v) is 10.9. The molecule has 1 amide bonds. The lowest BCUT2D eigenvalue weighted by Crippen LogP contribution is -2.21. The number of ether oxygens (including phenoxy) is 2. The van der Waals surface area contributed by atoms with E-state index in [1.165, 1.54) is 18.0 Å². The summed E-state index contributed by atoms with van der Waals surface area (Å²) in [5.41, 5.74) is 2.89. The highest BCUT2D eigenvalue weighted by Gasteiger charge is 2.20. The van der Waals surface area contributed by atoms with Gasteiger partial charge in [-0.05, 0) is 64.8 Å². The number of carbonyl (C=O) groups is 1. The van der Waals surface area contributed by atoms with Crippen LogP contribution in [0, 0.1) is 6.92 Å². The molecule has 220 valence electrons. The first-order valence-electron chi connectivity index (χ1n) is 13.4. The minimum absolute atomic E-state index is 0.163. The summed E-state index contributed by atoms with van der Waals surface area (Å²) in [5.74, 6) is 0.694. The number of benzene rings is 4. The molecule has 0 bridgehead atoms. The van der Waals surface area contributed by atoms with Gasteiger partial charge in [-0.15, -0.1) is 0 Å². The van der Waals surface area contributed by atoms with Gasteiger partial charge < -0.3 is 19.2 Å². The monoisotopic (exact) mass is 670 g/mol. The molecule has 0 saturated carbocycles. The third-order valence-corrected chi connectivity index (χ3v) is 8.30. The Morgan fingerprint density at radius 2 is 1.84 bits per heavy atom. The van der Waals surface area contributed by atoms with Crippen molar-refractivity contribution in [1.29, 1.82) is 0 Å². The molecule has 0 saturated heterocycles. The largest absolute Gasteiger partial charge is 0.493 e. The van der Waals surface area contributed by atoms with Crippen LogP contribution in [0.25, 0.3) is 33.5 Å². The van der Waals surface area contributed by atoms with Crippen LogP contribution >= 0.6 is 27.5 Å². The van der Waals surface area contributed by atoms with E-state index in [9.17, 15) is 9.59 Å². The zero-order chi connectivity index (χ0) is 30.8. The Balaban J connectivity index is 1.35. The van der Waals surface area contributed by atoms with Gasteiger partial charge in [-0.2, -0.15) is 9.78 Å². The van der Waals surface area contributed by atoms with Crippen LogP contribution in [0.1, 0.15) is 11.1 Å². The van der Waals surface area contributed by atoms with E-state index in [0.29, 0.717) is 38.0 Å². The number of amides is 1. The average molecular weight is 672 g/mol. The molecule has 9 nitrogen and oxygen atoms in total. The number of hydrogen-bond donors (Lipinski definition) is 1. The lowest BCUT2D eigenvalue weighted by atomic mass is 10.2. The first-order valence-corrected chi connectivity index (χ1v) is 14.6. The van der Waals surface area contributed by atoms with Crippen molar-refractivity contribution in [2.45, 2.75) is 6.92 Å². The summed E-state index contributed by atoms with van der Waals surface area (Å²) in [5, 5.41) is 8.76. The summed E-state index contributed by atoms with van der Waals surface area (Å²) >= 11 is 10.2. The smallest absolute Gasteiger partial charge is 0.282 e. The summed E-state index contributed by atoms with van der Waals surface area (Å²) in [6.45, 7) is 1.60. The number of aryl methyl sites for hydroxylation is 1. The van der Waals surface area contributed by atoms with Crippen molar-refractivity contribution in [3.63, 3.8) is 0 Å². The Morgan fingerprint density at radius 3 is 2.64 bits per heavy atom. The van der Waals surface area contributed by atoms with Gasteiger partial charge in [-0.3, -0.25) is 9.59 Å². The summed E-state index contributed by atoms with van der Waals surface area (Å²) < 4.78 is 19.0. The van der Waals surface area contributed by atoms with Crippen molar-refractivity contribution in [2.24, 2.45) is 5.10 Å². The van der Waals surface area contributed by atoms with E-state index in [2.05, 4.69) is 26.3 Å². The molecule has 0 unspecified atom stereocenters. The van der Waals surface area contributed by atoms with Gasteiger partial charge in [0.1, 0.15) is 10.6 Å². The number of hydrogen-bond acceptors (Lipinski definition) is 7. The molecule has 11 heteroatoms. The Labute approximate surface area is 264 Å². The molecule has 0 aliphatic carbocycles. The van der Waals surface area contributed by atoms with Gasteiger partial charge in [0.05, 0.1) is 24.2 Å². The van der Waals surface area contributed by atoms with Crippen LogP contribution < -0.4 is 20.3 Å². The van der Waals surface area contributed by atoms with Crippen LogP contribution in [0.5, 0.6) is 11.5 Å². The zero-order valence-electron chi connectivity index (χ0n) is 23.5. The molecule has 0 spiro atoms. The number of nitrogens with zero attached hydrogens (tertiary/aromatic N) is 3. The number of fused-ring (bicyclic) bond motifs is 2. The number of rotatable bonds is 8. The quantitative estimate of drug-likeness (QED) is 0.169. The molecule has 0 atom stereocenters. The summed E-state index contributed by atoms with van der Waals surface area (Å²) in [7, 11) is 1.46. The minimum atomic E-state index is -0.379. The van der Waals surface area contributed by atoms with Crippen LogP contribution in [0.15, 0.2) is 104 Å². The number of para-hydroxylation sites is 3. The maximum absolute atomic E-state index is 13.6. The van der Waals surface area contributed by atoms with Gasteiger partial charge in [0.2, 0.25) is 5.82 Å².